The summed E-state index contributed by atoms with van der Waals surface area (Å²) in [6.07, 6.45) is 2.18. The Morgan fingerprint density at radius 3 is 2.58 bits per heavy atom. The molecule has 2 aromatic carbocycles. The van der Waals surface area contributed by atoms with Crippen LogP contribution in [0.25, 0.3) is 11.0 Å². The summed E-state index contributed by atoms with van der Waals surface area (Å²) < 4.78 is 6.93. The molecule has 24 heavy (non-hydrogen) atoms. The van der Waals surface area contributed by atoms with Gasteiger partial charge in [-0.1, -0.05) is 19.4 Å². The van der Waals surface area contributed by atoms with Crippen molar-refractivity contribution in [3.05, 3.63) is 52.9 Å². The summed E-state index contributed by atoms with van der Waals surface area (Å²) in [6, 6.07) is 14.0. The number of anilines is 2. The second kappa shape index (κ2) is 6.83. The van der Waals surface area contributed by atoms with E-state index in [0.717, 1.165) is 47.5 Å². The molecule has 0 saturated heterocycles. The van der Waals surface area contributed by atoms with E-state index in [4.69, 9.17) is 4.74 Å². The highest BCUT2D eigenvalue weighted by molar-refractivity contribution is 5.91. The fourth-order valence-electron chi connectivity index (χ4n) is 2.97. The summed E-state index contributed by atoms with van der Waals surface area (Å²) in [6.45, 7) is 3.07. The van der Waals surface area contributed by atoms with Crippen LogP contribution >= 0.6 is 0 Å². The van der Waals surface area contributed by atoms with Crippen molar-refractivity contribution in [2.24, 2.45) is 7.05 Å². The Kier molecular flexibility index (Phi) is 4.60. The molecule has 0 bridgehead atoms. The fraction of sp³-hybridized carbons (Fsp3) is 0.316. The summed E-state index contributed by atoms with van der Waals surface area (Å²) in [5.74, 6) is 0.835. The molecule has 0 spiro atoms. The molecule has 126 valence electrons. The molecule has 0 aliphatic carbocycles. The van der Waals surface area contributed by atoms with Gasteiger partial charge < -0.3 is 14.6 Å². The first-order valence-corrected chi connectivity index (χ1v) is 8.25. The van der Waals surface area contributed by atoms with E-state index in [9.17, 15) is 4.79 Å². The van der Waals surface area contributed by atoms with Gasteiger partial charge in [0.1, 0.15) is 5.75 Å². The summed E-state index contributed by atoms with van der Waals surface area (Å²) >= 11 is 0. The summed E-state index contributed by atoms with van der Waals surface area (Å²) in [5.41, 5.74) is 3.81. The Labute approximate surface area is 141 Å². The van der Waals surface area contributed by atoms with Gasteiger partial charge >= 0.3 is 5.69 Å². The van der Waals surface area contributed by atoms with E-state index in [1.165, 1.54) is 0 Å². The Balaban J connectivity index is 2.13. The molecular weight excluding hydrogens is 302 g/mol. The van der Waals surface area contributed by atoms with Crippen molar-refractivity contribution in [2.45, 2.75) is 19.8 Å². The van der Waals surface area contributed by atoms with Crippen molar-refractivity contribution in [3.63, 3.8) is 0 Å². The third-order valence-electron chi connectivity index (χ3n) is 4.31. The molecule has 1 N–H and O–H groups in total. The van der Waals surface area contributed by atoms with Crippen LogP contribution in [-0.4, -0.2) is 23.2 Å². The summed E-state index contributed by atoms with van der Waals surface area (Å²) in [7, 11) is 3.47. The van der Waals surface area contributed by atoms with Crippen LogP contribution < -0.4 is 15.3 Å². The summed E-state index contributed by atoms with van der Waals surface area (Å²) in [5, 5.41) is 0. The lowest BCUT2D eigenvalue weighted by Gasteiger charge is -2.26. The number of nitrogens with zero attached hydrogens (tertiary/aromatic N) is 2. The average Bonchev–Trinajstić information content (AvgIpc) is 2.91. The molecule has 0 atom stereocenters. The smallest absolute Gasteiger partial charge is 0.326 e. The van der Waals surface area contributed by atoms with Gasteiger partial charge in [-0.15, -0.1) is 0 Å². The number of fused-ring (bicyclic) bond motifs is 1. The van der Waals surface area contributed by atoms with E-state index in [1.807, 2.05) is 24.3 Å². The number of benzene rings is 2. The van der Waals surface area contributed by atoms with Gasteiger partial charge in [-0.3, -0.25) is 4.57 Å². The second-order valence-electron chi connectivity index (χ2n) is 5.87. The van der Waals surface area contributed by atoms with Crippen LogP contribution in [0.2, 0.25) is 0 Å². The van der Waals surface area contributed by atoms with Gasteiger partial charge in [-0.25, -0.2) is 4.79 Å². The molecule has 5 heteroatoms. The zero-order valence-corrected chi connectivity index (χ0v) is 14.4. The molecule has 0 unspecified atom stereocenters. The van der Waals surface area contributed by atoms with Crippen molar-refractivity contribution in [1.82, 2.24) is 9.55 Å². The highest BCUT2D eigenvalue weighted by atomic mass is 16.5. The second-order valence-corrected chi connectivity index (χ2v) is 5.87. The quantitative estimate of drug-likeness (QED) is 0.750. The molecule has 3 rings (SSSR count). The van der Waals surface area contributed by atoms with Gasteiger partial charge in [0.25, 0.3) is 0 Å². The van der Waals surface area contributed by atoms with Crippen LogP contribution in [-0.2, 0) is 7.05 Å². The summed E-state index contributed by atoms with van der Waals surface area (Å²) in [4.78, 5) is 17.2. The predicted octanol–water partition coefficient (Wildman–Crippen LogP) is 3.81. The molecule has 0 aliphatic rings. The van der Waals surface area contributed by atoms with E-state index >= 15 is 0 Å². The van der Waals surface area contributed by atoms with Crippen molar-refractivity contribution < 1.29 is 4.74 Å². The number of ether oxygens (including phenoxy) is 1. The Morgan fingerprint density at radius 2 is 1.92 bits per heavy atom. The average molecular weight is 325 g/mol. The number of aromatic nitrogens is 2. The Bertz CT molecular complexity index is 878. The number of H-pyrrole nitrogens is 1. The molecule has 0 saturated carbocycles. The molecular formula is C19H23N3O2. The van der Waals surface area contributed by atoms with Gasteiger partial charge in [0.15, 0.2) is 0 Å². The van der Waals surface area contributed by atoms with Crippen molar-refractivity contribution >= 4 is 22.4 Å². The van der Waals surface area contributed by atoms with Crippen LogP contribution in [0.5, 0.6) is 5.75 Å². The SMILES string of the molecule is CCCCN(c1ccc(OC)cc1)c1cccc2[nH]c(=O)n(C)c12. The number of hydrogen-bond donors (Lipinski definition) is 1. The van der Waals surface area contributed by atoms with Crippen LogP contribution in [0.3, 0.4) is 0 Å². The van der Waals surface area contributed by atoms with E-state index in [0.29, 0.717) is 0 Å². The predicted molar refractivity (Wildman–Crippen MR) is 98.4 cm³/mol. The number of nitrogens with one attached hydrogen (secondary N) is 1. The lowest BCUT2D eigenvalue weighted by atomic mass is 10.2. The molecule has 3 aromatic rings. The van der Waals surface area contributed by atoms with Gasteiger partial charge in [0.2, 0.25) is 0 Å². The van der Waals surface area contributed by atoms with E-state index in [1.54, 1.807) is 18.7 Å². The minimum atomic E-state index is -0.0948. The first-order valence-electron chi connectivity index (χ1n) is 8.25. The molecule has 1 heterocycles. The van der Waals surface area contributed by atoms with Crippen molar-refractivity contribution in [1.29, 1.82) is 0 Å². The Hall–Kier alpha value is -2.69. The monoisotopic (exact) mass is 325 g/mol. The van der Waals surface area contributed by atoms with E-state index in [2.05, 4.69) is 35.0 Å². The van der Waals surface area contributed by atoms with Crippen LogP contribution in [0.4, 0.5) is 11.4 Å². The normalized spacial score (nSPS) is 11.0. The highest BCUT2D eigenvalue weighted by Crippen LogP contribution is 2.32. The van der Waals surface area contributed by atoms with Gasteiger partial charge in [-0.05, 0) is 42.8 Å². The zero-order chi connectivity index (χ0) is 17.1. The minimum absolute atomic E-state index is 0.0948. The van der Waals surface area contributed by atoms with E-state index < -0.39 is 0 Å². The van der Waals surface area contributed by atoms with Crippen LogP contribution in [0, 0.1) is 0 Å². The maximum atomic E-state index is 12.0. The standard InChI is InChI=1S/C19H23N3O2/c1-4-5-13-22(14-9-11-15(24-3)12-10-14)17-8-6-7-16-18(17)21(2)19(23)20-16/h6-12H,4-5,13H2,1-3H3,(H,20,23). The Morgan fingerprint density at radius 1 is 1.17 bits per heavy atom. The third kappa shape index (κ3) is 2.89. The maximum absolute atomic E-state index is 12.0. The molecule has 0 aliphatic heterocycles. The lowest BCUT2D eigenvalue weighted by molar-refractivity contribution is 0.415. The highest BCUT2D eigenvalue weighted by Gasteiger charge is 2.15. The van der Waals surface area contributed by atoms with Gasteiger partial charge in [0.05, 0.1) is 23.8 Å². The molecule has 5 nitrogen and oxygen atoms in total. The number of methoxy groups -OCH3 is 1. The van der Waals surface area contributed by atoms with Crippen LogP contribution in [0.15, 0.2) is 47.3 Å². The topological polar surface area (TPSA) is 50.3 Å². The number of aryl methyl sites for hydroxylation is 1. The first-order chi connectivity index (χ1) is 11.7. The van der Waals surface area contributed by atoms with Crippen LogP contribution in [0.1, 0.15) is 19.8 Å². The molecule has 0 fully saturated rings. The molecule has 0 amide bonds. The lowest BCUT2D eigenvalue weighted by Crippen LogP contribution is -2.20. The molecule has 0 radical (unpaired) electrons. The maximum Gasteiger partial charge on any atom is 0.326 e. The first kappa shape index (κ1) is 16.2. The fourth-order valence-corrected chi connectivity index (χ4v) is 2.97. The zero-order valence-electron chi connectivity index (χ0n) is 14.4. The number of para-hydroxylation sites is 1. The minimum Gasteiger partial charge on any atom is -0.497 e. The van der Waals surface area contributed by atoms with Crippen molar-refractivity contribution in [3.8, 4) is 5.75 Å². The number of hydrogen-bond acceptors (Lipinski definition) is 3. The van der Waals surface area contributed by atoms with Gasteiger partial charge in [-0.2, -0.15) is 0 Å². The molecule has 1 aromatic heterocycles. The van der Waals surface area contributed by atoms with Gasteiger partial charge in [0, 0.05) is 19.3 Å². The van der Waals surface area contributed by atoms with E-state index in [-0.39, 0.29) is 5.69 Å². The number of rotatable bonds is 6. The third-order valence-corrected chi connectivity index (χ3v) is 4.31. The number of aromatic amines is 1. The number of unbranched alkanes of at least 4 members (excludes halogenated alkanes) is 1. The number of imidazole rings is 1. The van der Waals surface area contributed by atoms with Crippen molar-refractivity contribution in [2.75, 3.05) is 18.6 Å². The largest absolute Gasteiger partial charge is 0.497 e.